The highest BCUT2D eigenvalue weighted by atomic mass is 15.2. The minimum atomic E-state index is 0.260. The van der Waals surface area contributed by atoms with Crippen LogP contribution in [0.1, 0.15) is 53.9 Å². The van der Waals surface area contributed by atoms with E-state index in [1.54, 1.807) is 0 Å². The summed E-state index contributed by atoms with van der Waals surface area (Å²) in [5.41, 5.74) is 0.260. The Morgan fingerprint density at radius 1 is 1.40 bits per heavy atom. The van der Waals surface area contributed by atoms with Gasteiger partial charge in [0.05, 0.1) is 0 Å². The standard InChI is InChI=1S/C13H28N2/c1-11-7-6-10-15(11)12(2)8-9-14-13(3,4)5/h11-12,14H,6-10H2,1-5H3. The molecule has 0 bridgehead atoms. The van der Waals surface area contributed by atoms with Crippen molar-refractivity contribution in [3.8, 4) is 0 Å². The number of hydrogen-bond donors (Lipinski definition) is 1. The van der Waals surface area contributed by atoms with Gasteiger partial charge in [-0.25, -0.2) is 0 Å². The van der Waals surface area contributed by atoms with Gasteiger partial charge in [0.1, 0.15) is 0 Å². The second kappa shape index (κ2) is 5.31. The van der Waals surface area contributed by atoms with Crippen LogP contribution in [0.2, 0.25) is 0 Å². The van der Waals surface area contributed by atoms with Crippen molar-refractivity contribution in [1.82, 2.24) is 10.2 Å². The largest absolute Gasteiger partial charge is 0.312 e. The van der Waals surface area contributed by atoms with Gasteiger partial charge in [-0.1, -0.05) is 0 Å². The summed E-state index contributed by atoms with van der Waals surface area (Å²) in [4.78, 5) is 2.66. The van der Waals surface area contributed by atoms with Gasteiger partial charge in [0, 0.05) is 17.6 Å². The van der Waals surface area contributed by atoms with Crippen LogP contribution in [-0.4, -0.2) is 35.6 Å². The summed E-state index contributed by atoms with van der Waals surface area (Å²) < 4.78 is 0. The predicted octanol–water partition coefficient (Wildman–Crippen LogP) is 2.64. The van der Waals surface area contributed by atoms with Crippen LogP contribution >= 0.6 is 0 Å². The van der Waals surface area contributed by atoms with Gasteiger partial charge >= 0.3 is 0 Å². The van der Waals surface area contributed by atoms with E-state index in [4.69, 9.17) is 0 Å². The van der Waals surface area contributed by atoms with Crippen LogP contribution in [0, 0.1) is 0 Å². The van der Waals surface area contributed by atoms with Crippen molar-refractivity contribution >= 4 is 0 Å². The molecule has 0 amide bonds. The average molecular weight is 212 g/mol. The molecule has 0 aliphatic carbocycles. The Bertz CT molecular complexity index is 183. The molecule has 1 saturated heterocycles. The van der Waals surface area contributed by atoms with Crippen molar-refractivity contribution in [2.75, 3.05) is 13.1 Å². The Balaban J connectivity index is 2.21. The van der Waals surface area contributed by atoms with Crippen molar-refractivity contribution < 1.29 is 0 Å². The lowest BCUT2D eigenvalue weighted by atomic mass is 10.1. The van der Waals surface area contributed by atoms with Gasteiger partial charge in [0.25, 0.3) is 0 Å². The van der Waals surface area contributed by atoms with Crippen molar-refractivity contribution in [2.24, 2.45) is 0 Å². The zero-order chi connectivity index (χ0) is 11.5. The molecule has 0 aromatic heterocycles. The molecule has 2 nitrogen and oxygen atoms in total. The quantitative estimate of drug-likeness (QED) is 0.770. The molecule has 1 aliphatic heterocycles. The van der Waals surface area contributed by atoms with Gasteiger partial charge in [0.15, 0.2) is 0 Å². The van der Waals surface area contributed by atoms with Crippen molar-refractivity contribution in [3.05, 3.63) is 0 Å². The van der Waals surface area contributed by atoms with E-state index < -0.39 is 0 Å². The highest BCUT2D eigenvalue weighted by Gasteiger charge is 2.24. The number of likely N-dealkylation sites (tertiary alicyclic amines) is 1. The van der Waals surface area contributed by atoms with Crippen LogP contribution in [-0.2, 0) is 0 Å². The Morgan fingerprint density at radius 2 is 2.07 bits per heavy atom. The van der Waals surface area contributed by atoms with E-state index >= 15 is 0 Å². The topological polar surface area (TPSA) is 15.3 Å². The molecular formula is C13H28N2. The molecule has 1 aliphatic rings. The molecule has 15 heavy (non-hydrogen) atoms. The summed E-state index contributed by atoms with van der Waals surface area (Å²) in [6, 6.07) is 1.53. The molecule has 0 aromatic rings. The fourth-order valence-corrected chi connectivity index (χ4v) is 2.43. The van der Waals surface area contributed by atoms with E-state index in [1.807, 2.05) is 0 Å². The van der Waals surface area contributed by atoms with Gasteiger partial charge in [-0.3, -0.25) is 4.90 Å². The lowest BCUT2D eigenvalue weighted by molar-refractivity contribution is 0.190. The summed E-state index contributed by atoms with van der Waals surface area (Å²) in [5.74, 6) is 0. The van der Waals surface area contributed by atoms with Gasteiger partial charge in [-0.05, 0) is 67.0 Å². The molecule has 2 heteroatoms. The van der Waals surface area contributed by atoms with Gasteiger partial charge in [-0.2, -0.15) is 0 Å². The van der Waals surface area contributed by atoms with E-state index in [0.29, 0.717) is 0 Å². The Kier molecular flexibility index (Phi) is 4.60. The Morgan fingerprint density at radius 3 is 2.53 bits per heavy atom. The van der Waals surface area contributed by atoms with Crippen LogP contribution < -0.4 is 5.32 Å². The molecule has 0 radical (unpaired) electrons. The van der Waals surface area contributed by atoms with Crippen molar-refractivity contribution in [2.45, 2.75) is 71.5 Å². The van der Waals surface area contributed by atoms with Crippen LogP contribution in [0.25, 0.3) is 0 Å². The maximum atomic E-state index is 3.56. The van der Waals surface area contributed by atoms with Crippen molar-refractivity contribution in [3.63, 3.8) is 0 Å². The van der Waals surface area contributed by atoms with E-state index in [9.17, 15) is 0 Å². The normalized spacial score (nSPS) is 25.8. The van der Waals surface area contributed by atoms with E-state index in [1.165, 1.54) is 25.8 Å². The van der Waals surface area contributed by atoms with E-state index in [-0.39, 0.29) is 5.54 Å². The van der Waals surface area contributed by atoms with Crippen LogP contribution in [0.15, 0.2) is 0 Å². The summed E-state index contributed by atoms with van der Waals surface area (Å²) >= 11 is 0. The molecule has 1 heterocycles. The highest BCUT2D eigenvalue weighted by Crippen LogP contribution is 2.20. The Hall–Kier alpha value is -0.0800. The summed E-state index contributed by atoms with van der Waals surface area (Å²) in [6.07, 6.45) is 4.04. The fourth-order valence-electron chi connectivity index (χ4n) is 2.43. The number of nitrogens with zero attached hydrogens (tertiary/aromatic N) is 1. The molecule has 90 valence electrons. The fraction of sp³-hybridized carbons (Fsp3) is 1.00. The van der Waals surface area contributed by atoms with Gasteiger partial charge in [0.2, 0.25) is 0 Å². The van der Waals surface area contributed by atoms with Crippen LogP contribution in [0.3, 0.4) is 0 Å². The van der Waals surface area contributed by atoms with Gasteiger partial charge < -0.3 is 5.32 Å². The zero-order valence-electron chi connectivity index (χ0n) is 11.1. The lowest BCUT2D eigenvalue weighted by Crippen LogP contribution is -2.41. The molecular weight excluding hydrogens is 184 g/mol. The molecule has 2 unspecified atom stereocenters. The molecule has 1 N–H and O–H groups in total. The SMILES string of the molecule is CC1CCCN1C(C)CCNC(C)(C)C. The maximum Gasteiger partial charge on any atom is 0.00965 e. The summed E-state index contributed by atoms with van der Waals surface area (Å²) in [6.45, 7) is 13.9. The molecule has 1 fully saturated rings. The first-order chi connectivity index (χ1) is 6.90. The maximum absolute atomic E-state index is 3.56. The number of nitrogens with one attached hydrogen (secondary N) is 1. The van der Waals surface area contributed by atoms with E-state index in [2.05, 4.69) is 44.8 Å². The van der Waals surface area contributed by atoms with Gasteiger partial charge in [-0.15, -0.1) is 0 Å². The number of hydrogen-bond acceptors (Lipinski definition) is 2. The van der Waals surface area contributed by atoms with Crippen LogP contribution in [0.5, 0.6) is 0 Å². The summed E-state index contributed by atoms with van der Waals surface area (Å²) in [7, 11) is 0. The third kappa shape index (κ3) is 4.52. The predicted molar refractivity (Wildman–Crippen MR) is 67.2 cm³/mol. The first-order valence-electron chi connectivity index (χ1n) is 6.41. The zero-order valence-corrected chi connectivity index (χ0v) is 11.1. The van der Waals surface area contributed by atoms with E-state index in [0.717, 1.165) is 18.6 Å². The second-order valence-electron chi connectivity index (χ2n) is 6.04. The minimum Gasteiger partial charge on any atom is -0.312 e. The molecule has 0 saturated carbocycles. The molecule has 0 aromatic carbocycles. The average Bonchev–Trinajstić information content (AvgIpc) is 2.48. The smallest absolute Gasteiger partial charge is 0.00965 e. The Labute approximate surface area is 95.4 Å². The molecule has 1 rings (SSSR count). The lowest BCUT2D eigenvalue weighted by Gasteiger charge is -2.30. The molecule has 2 atom stereocenters. The number of rotatable bonds is 4. The second-order valence-corrected chi connectivity index (χ2v) is 6.04. The van der Waals surface area contributed by atoms with Crippen molar-refractivity contribution in [1.29, 1.82) is 0 Å². The van der Waals surface area contributed by atoms with Crippen LogP contribution in [0.4, 0.5) is 0 Å². The molecule has 0 spiro atoms. The third-order valence-electron chi connectivity index (χ3n) is 3.39. The minimum absolute atomic E-state index is 0.260. The first-order valence-corrected chi connectivity index (χ1v) is 6.41. The summed E-state index contributed by atoms with van der Waals surface area (Å²) in [5, 5.41) is 3.56. The monoisotopic (exact) mass is 212 g/mol. The first kappa shape index (κ1) is 13.0. The third-order valence-corrected chi connectivity index (χ3v) is 3.39. The highest BCUT2D eigenvalue weighted by molar-refractivity contribution is 4.81.